The van der Waals surface area contributed by atoms with Crippen molar-refractivity contribution < 1.29 is 14.6 Å². The highest BCUT2D eigenvalue weighted by molar-refractivity contribution is 7.71. The highest BCUT2D eigenvalue weighted by Crippen LogP contribution is 2.22. The van der Waals surface area contributed by atoms with Gasteiger partial charge in [0, 0.05) is 13.0 Å². The fourth-order valence-corrected chi connectivity index (χ4v) is 3.43. The first-order chi connectivity index (χ1) is 10.6. The van der Waals surface area contributed by atoms with E-state index in [1.54, 1.807) is 16.0 Å². The molecule has 0 aliphatic carbocycles. The van der Waals surface area contributed by atoms with Gasteiger partial charge in [0.15, 0.2) is 5.82 Å². The van der Waals surface area contributed by atoms with Gasteiger partial charge in [-0.1, -0.05) is 6.07 Å². The first kappa shape index (κ1) is 15.3. The van der Waals surface area contributed by atoms with Gasteiger partial charge < -0.3 is 9.84 Å². The number of aliphatic hydroxyl groups is 1. The zero-order chi connectivity index (χ0) is 15.7. The third-order valence-electron chi connectivity index (χ3n) is 3.61. The van der Waals surface area contributed by atoms with Crippen molar-refractivity contribution in [1.82, 2.24) is 19.7 Å². The number of β-amino-alcohol motifs (C(OH)–C–C–N with tert-alkyl or cyclic N) is 1. The van der Waals surface area contributed by atoms with Crippen molar-refractivity contribution in [3.05, 3.63) is 22.3 Å². The van der Waals surface area contributed by atoms with Crippen LogP contribution in [0.1, 0.15) is 6.42 Å². The summed E-state index contributed by atoms with van der Waals surface area (Å²) in [6, 6.07) is 3.44. The molecule has 2 atom stereocenters. The maximum atomic E-state index is 11.8. The second kappa shape index (κ2) is 6.29. The van der Waals surface area contributed by atoms with Gasteiger partial charge in [-0.3, -0.25) is 14.8 Å². The molecule has 0 radical (unpaired) electrons. The first-order valence-corrected chi connectivity index (χ1v) is 8.08. The molecule has 0 unspecified atom stereocenters. The van der Waals surface area contributed by atoms with Gasteiger partial charge in [0.2, 0.25) is 4.77 Å². The molecule has 0 saturated carbocycles. The molecule has 1 saturated heterocycles. The summed E-state index contributed by atoms with van der Waals surface area (Å²) in [7, 11) is 1.35. The van der Waals surface area contributed by atoms with E-state index < -0.39 is 12.1 Å². The van der Waals surface area contributed by atoms with Crippen LogP contribution in [0.2, 0.25) is 0 Å². The summed E-state index contributed by atoms with van der Waals surface area (Å²) < 4.78 is 6.90. The average Bonchev–Trinajstić information content (AvgIpc) is 3.20. The van der Waals surface area contributed by atoms with Gasteiger partial charge in [-0.2, -0.15) is 4.98 Å². The summed E-state index contributed by atoms with van der Waals surface area (Å²) in [4.78, 5) is 19.0. The summed E-state index contributed by atoms with van der Waals surface area (Å²) in [5.74, 6) is 0.357. The normalized spacial score (nSPS) is 22.1. The van der Waals surface area contributed by atoms with Gasteiger partial charge in [-0.25, -0.2) is 4.68 Å². The molecule has 1 aliphatic heterocycles. The van der Waals surface area contributed by atoms with Crippen molar-refractivity contribution in [2.45, 2.75) is 25.2 Å². The molecule has 0 amide bonds. The van der Waals surface area contributed by atoms with Crippen LogP contribution in [-0.4, -0.2) is 56.5 Å². The lowest BCUT2D eigenvalue weighted by Crippen LogP contribution is -2.38. The third kappa shape index (κ3) is 2.98. The zero-order valence-electron chi connectivity index (χ0n) is 11.9. The second-order valence-corrected chi connectivity index (χ2v) is 6.41. The van der Waals surface area contributed by atoms with Gasteiger partial charge in [0.25, 0.3) is 0 Å². The Morgan fingerprint density at radius 1 is 1.68 bits per heavy atom. The minimum atomic E-state index is -0.544. The lowest BCUT2D eigenvalue weighted by molar-refractivity contribution is -0.146. The molecule has 0 bridgehead atoms. The Hall–Kier alpha value is -1.55. The lowest BCUT2D eigenvalue weighted by atomic mass is 10.2. The molecule has 3 rings (SSSR count). The molecular weight excluding hydrogens is 324 g/mol. The number of aliphatic hydroxyl groups excluding tert-OH is 1. The molecular formula is C13H16N4O3S2. The fourth-order valence-electron chi connectivity index (χ4n) is 2.57. The number of carbonyl (C=O) groups is 1. The van der Waals surface area contributed by atoms with Gasteiger partial charge in [0.05, 0.1) is 24.8 Å². The monoisotopic (exact) mass is 340 g/mol. The molecule has 2 aromatic heterocycles. The number of methoxy groups -OCH3 is 1. The number of nitrogens with one attached hydrogen (secondary N) is 1. The highest BCUT2D eigenvalue weighted by atomic mass is 32.1. The van der Waals surface area contributed by atoms with Crippen molar-refractivity contribution in [3.8, 4) is 10.7 Å². The van der Waals surface area contributed by atoms with E-state index >= 15 is 0 Å². The van der Waals surface area contributed by atoms with E-state index in [4.69, 9.17) is 17.0 Å². The van der Waals surface area contributed by atoms with Crippen LogP contribution in [0.25, 0.3) is 10.7 Å². The number of aromatic nitrogens is 3. The molecule has 118 valence electrons. The Kier molecular flexibility index (Phi) is 4.39. The van der Waals surface area contributed by atoms with Gasteiger partial charge in [0.1, 0.15) is 6.04 Å². The maximum Gasteiger partial charge on any atom is 0.323 e. The summed E-state index contributed by atoms with van der Waals surface area (Å²) in [6.07, 6.45) is -0.177. The maximum absolute atomic E-state index is 11.8. The number of aromatic amines is 1. The van der Waals surface area contributed by atoms with Crippen molar-refractivity contribution in [1.29, 1.82) is 0 Å². The number of H-pyrrole nitrogens is 1. The molecule has 0 aromatic carbocycles. The molecule has 2 aromatic rings. The van der Waals surface area contributed by atoms with E-state index in [1.807, 2.05) is 22.4 Å². The highest BCUT2D eigenvalue weighted by Gasteiger charge is 2.37. The summed E-state index contributed by atoms with van der Waals surface area (Å²) in [6.45, 7) is 0.753. The lowest BCUT2D eigenvalue weighted by Gasteiger charge is -2.21. The summed E-state index contributed by atoms with van der Waals surface area (Å²) in [5.41, 5.74) is 0. The van der Waals surface area contributed by atoms with E-state index in [0.717, 1.165) is 4.88 Å². The number of ether oxygens (including phenoxy) is 1. The molecule has 22 heavy (non-hydrogen) atoms. The summed E-state index contributed by atoms with van der Waals surface area (Å²) in [5, 5.41) is 14.9. The van der Waals surface area contributed by atoms with Crippen LogP contribution in [0, 0.1) is 4.77 Å². The van der Waals surface area contributed by atoms with Crippen molar-refractivity contribution in [2.75, 3.05) is 13.7 Å². The largest absolute Gasteiger partial charge is 0.468 e. The Bertz CT molecular complexity index is 709. The zero-order valence-corrected chi connectivity index (χ0v) is 13.6. The number of carbonyl (C=O) groups excluding carboxylic acids is 1. The van der Waals surface area contributed by atoms with E-state index in [2.05, 4.69) is 10.1 Å². The van der Waals surface area contributed by atoms with Crippen LogP contribution in [0.15, 0.2) is 17.5 Å². The molecule has 1 aliphatic rings. The quantitative estimate of drug-likeness (QED) is 0.643. The number of likely N-dealkylation sites (tertiary alicyclic amines) is 1. The van der Waals surface area contributed by atoms with Crippen molar-refractivity contribution in [3.63, 3.8) is 0 Å². The fraction of sp³-hybridized carbons (Fsp3) is 0.462. The smallest absolute Gasteiger partial charge is 0.323 e. The number of hydrogen-bond donors (Lipinski definition) is 2. The second-order valence-electron chi connectivity index (χ2n) is 5.10. The topological polar surface area (TPSA) is 83.4 Å². The molecule has 3 heterocycles. The molecule has 7 nitrogen and oxygen atoms in total. The Balaban J connectivity index is 1.81. The van der Waals surface area contributed by atoms with Gasteiger partial charge >= 0.3 is 5.97 Å². The van der Waals surface area contributed by atoms with Crippen LogP contribution in [-0.2, 0) is 16.2 Å². The van der Waals surface area contributed by atoms with E-state index in [1.165, 1.54) is 7.11 Å². The van der Waals surface area contributed by atoms with Gasteiger partial charge in [-0.15, -0.1) is 11.3 Å². The van der Waals surface area contributed by atoms with E-state index in [-0.39, 0.29) is 5.97 Å². The van der Waals surface area contributed by atoms with Gasteiger partial charge in [-0.05, 0) is 23.7 Å². The third-order valence-corrected chi connectivity index (χ3v) is 4.80. The minimum Gasteiger partial charge on any atom is -0.468 e. The Labute approximate surface area is 136 Å². The number of hydrogen-bond acceptors (Lipinski definition) is 7. The standard InChI is InChI=1S/C13H16N4O3S2/c1-20-12(19)9-5-8(18)6-16(9)7-17-13(21)14-11(15-17)10-3-2-4-22-10/h2-4,8-9,18H,5-7H2,1H3,(H,14,15,21)/t8-,9+/m1/s1. The van der Waals surface area contributed by atoms with Crippen LogP contribution in [0.5, 0.6) is 0 Å². The first-order valence-electron chi connectivity index (χ1n) is 6.79. The number of rotatable bonds is 4. The molecule has 0 spiro atoms. The van der Waals surface area contributed by atoms with E-state index in [9.17, 15) is 9.90 Å². The summed E-state index contributed by atoms with van der Waals surface area (Å²) >= 11 is 6.83. The van der Waals surface area contributed by atoms with Crippen LogP contribution in [0.3, 0.4) is 0 Å². The predicted molar refractivity (Wildman–Crippen MR) is 83.9 cm³/mol. The Morgan fingerprint density at radius 3 is 3.18 bits per heavy atom. The van der Waals surface area contributed by atoms with Crippen molar-refractivity contribution >= 4 is 29.5 Å². The number of thiophene rings is 1. The van der Waals surface area contributed by atoms with Crippen molar-refractivity contribution in [2.24, 2.45) is 0 Å². The van der Waals surface area contributed by atoms with Crippen LogP contribution < -0.4 is 0 Å². The Morgan fingerprint density at radius 2 is 2.50 bits per heavy atom. The van der Waals surface area contributed by atoms with Crippen LogP contribution in [0.4, 0.5) is 0 Å². The molecule has 9 heteroatoms. The minimum absolute atomic E-state index is 0.346. The molecule has 1 fully saturated rings. The predicted octanol–water partition coefficient (Wildman–Crippen LogP) is 1.23. The number of esters is 1. The number of nitrogens with zero attached hydrogens (tertiary/aromatic N) is 3. The van der Waals surface area contributed by atoms with Crippen LogP contribution >= 0.6 is 23.6 Å². The average molecular weight is 340 g/mol. The van der Waals surface area contributed by atoms with E-state index in [0.29, 0.717) is 30.2 Å². The SMILES string of the molecule is COC(=O)[C@@H]1C[C@@H](O)CN1Cn1[nH]c(-c2cccs2)nc1=S. The molecule has 2 N–H and O–H groups in total.